The van der Waals surface area contributed by atoms with E-state index in [2.05, 4.69) is 0 Å². The summed E-state index contributed by atoms with van der Waals surface area (Å²) in [5.74, 6) is 0. The van der Waals surface area contributed by atoms with E-state index in [9.17, 15) is 4.21 Å². The topological polar surface area (TPSA) is 17.1 Å². The van der Waals surface area contributed by atoms with E-state index in [1.54, 1.807) is 6.26 Å². The van der Waals surface area contributed by atoms with Crippen LogP contribution in [0.3, 0.4) is 0 Å². The molecule has 0 fully saturated rings. The predicted molar refractivity (Wildman–Crippen MR) is 28.7 cm³/mol. The summed E-state index contributed by atoms with van der Waals surface area (Å²) in [6.45, 7) is 3.71. The summed E-state index contributed by atoms with van der Waals surface area (Å²) >= 11 is 0. The Morgan fingerprint density at radius 3 is 1.57 bits per heavy atom. The van der Waals surface area contributed by atoms with E-state index in [-0.39, 0.29) is 32.7 Å². The molecule has 1 nitrogen and oxygen atoms in total. The van der Waals surface area contributed by atoms with Crippen LogP contribution in [0.2, 0.25) is 0 Å². The van der Waals surface area contributed by atoms with Crippen LogP contribution in [0.5, 0.6) is 0 Å². The molecule has 0 saturated carbocycles. The molecule has 41 valence electrons. The zero-order chi connectivity index (χ0) is 5.15. The van der Waals surface area contributed by atoms with E-state index in [1.165, 1.54) is 0 Å². The minimum absolute atomic E-state index is 0. The van der Waals surface area contributed by atoms with Gasteiger partial charge in [-0.15, -0.1) is 10.8 Å². The third-order valence-electron chi connectivity index (χ3n) is 0.575. The van der Waals surface area contributed by atoms with Crippen LogP contribution >= 0.6 is 0 Å². The quantitative estimate of drug-likeness (QED) is 0.567. The Kier molecular flexibility index (Phi) is 8.55. The first kappa shape index (κ1) is 11.1. The van der Waals surface area contributed by atoms with Crippen molar-refractivity contribution in [2.24, 2.45) is 0 Å². The van der Waals surface area contributed by atoms with Crippen molar-refractivity contribution in [3.05, 3.63) is 5.25 Å². The Hall–Kier alpha value is 1.25. The second-order valence-electron chi connectivity index (χ2n) is 1.36. The fourth-order valence-electron chi connectivity index (χ4n) is 0. The fourth-order valence-corrected chi connectivity index (χ4v) is 0. The van der Waals surface area contributed by atoms with Crippen molar-refractivity contribution in [2.45, 2.75) is 13.8 Å². The van der Waals surface area contributed by atoms with Crippen molar-refractivity contribution in [1.29, 1.82) is 0 Å². The first-order valence-electron chi connectivity index (χ1n) is 1.78. The molecule has 0 aromatic carbocycles. The van der Waals surface area contributed by atoms with Gasteiger partial charge in [0.1, 0.15) is 0 Å². The summed E-state index contributed by atoms with van der Waals surface area (Å²) in [7, 11) is -0.701. The largest absolute Gasteiger partial charge is 0.294 e. The molecule has 1 atom stereocenters. The average molecular weight is 194 g/mol. The molecule has 0 aliphatic heterocycles. The number of hydrogen-bond donors (Lipinski definition) is 0. The van der Waals surface area contributed by atoms with Gasteiger partial charge < -0.3 is 0 Å². The molecule has 0 amide bonds. The van der Waals surface area contributed by atoms with Crippen molar-refractivity contribution in [3.63, 3.8) is 0 Å². The van der Waals surface area contributed by atoms with Gasteiger partial charge in [0.25, 0.3) is 0 Å². The SMILES string of the molecule is C[C-](C)S(C)=O.[Y]. The van der Waals surface area contributed by atoms with Crippen molar-refractivity contribution >= 4 is 10.8 Å². The molecule has 0 aromatic heterocycles. The van der Waals surface area contributed by atoms with Gasteiger partial charge in [0, 0.05) is 32.7 Å². The Morgan fingerprint density at radius 2 is 1.57 bits per heavy atom. The molecule has 0 rings (SSSR count). The van der Waals surface area contributed by atoms with Gasteiger partial charge >= 0.3 is 0 Å². The van der Waals surface area contributed by atoms with E-state index in [0.29, 0.717) is 0 Å². The summed E-state index contributed by atoms with van der Waals surface area (Å²) in [6.07, 6.45) is 1.68. The van der Waals surface area contributed by atoms with Crippen LogP contribution in [0.15, 0.2) is 0 Å². The summed E-state index contributed by atoms with van der Waals surface area (Å²) in [4.78, 5) is 0. The van der Waals surface area contributed by atoms with Gasteiger partial charge in [-0.1, -0.05) is 0 Å². The molecule has 0 aromatic rings. The normalized spacial score (nSPS) is 13.1. The molecule has 0 N–H and O–H groups in total. The summed E-state index contributed by atoms with van der Waals surface area (Å²) in [5, 5.41) is 0.981. The minimum Gasteiger partial charge on any atom is -0.294 e. The van der Waals surface area contributed by atoms with Crippen molar-refractivity contribution < 1.29 is 36.9 Å². The zero-order valence-corrected chi connectivity index (χ0v) is 8.55. The van der Waals surface area contributed by atoms with Crippen LogP contribution < -0.4 is 0 Å². The molecule has 0 bridgehead atoms. The molecule has 3 heteroatoms. The summed E-state index contributed by atoms with van der Waals surface area (Å²) < 4.78 is 10.2. The van der Waals surface area contributed by atoms with E-state index in [0.717, 1.165) is 5.25 Å². The molecular weight excluding hydrogens is 185 g/mol. The first-order valence-corrected chi connectivity index (χ1v) is 3.34. The molecule has 0 aliphatic rings. The third kappa shape index (κ3) is 7.25. The zero-order valence-electron chi connectivity index (χ0n) is 4.89. The number of rotatable bonds is 1. The fraction of sp³-hybridized carbons (Fsp3) is 0.750. The van der Waals surface area contributed by atoms with Gasteiger partial charge in [0.15, 0.2) is 0 Å². The van der Waals surface area contributed by atoms with Crippen LogP contribution in [0.1, 0.15) is 13.8 Å². The summed E-state index contributed by atoms with van der Waals surface area (Å²) in [6, 6.07) is 0. The smallest absolute Gasteiger partial charge is 0 e. The van der Waals surface area contributed by atoms with Crippen LogP contribution in [-0.2, 0) is 43.5 Å². The second kappa shape index (κ2) is 5.39. The van der Waals surface area contributed by atoms with Gasteiger partial charge in [-0.3, -0.25) is 4.21 Å². The maximum absolute atomic E-state index is 10.2. The van der Waals surface area contributed by atoms with Gasteiger partial charge in [0.05, 0.1) is 0 Å². The van der Waals surface area contributed by atoms with Crippen LogP contribution in [0.25, 0.3) is 0 Å². The first-order chi connectivity index (χ1) is 2.64. The van der Waals surface area contributed by atoms with Gasteiger partial charge in [-0.25, -0.2) is 5.25 Å². The Balaban J connectivity index is 0. The van der Waals surface area contributed by atoms with E-state index >= 15 is 0 Å². The van der Waals surface area contributed by atoms with E-state index in [1.807, 2.05) is 13.8 Å². The van der Waals surface area contributed by atoms with Gasteiger partial charge in [0.2, 0.25) is 0 Å². The molecule has 7 heavy (non-hydrogen) atoms. The molecule has 0 saturated heterocycles. The molecular formula is C4H9OSY-. The van der Waals surface area contributed by atoms with Crippen molar-refractivity contribution in [1.82, 2.24) is 0 Å². The summed E-state index contributed by atoms with van der Waals surface area (Å²) in [5.41, 5.74) is 0. The van der Waals surface area contributed by atoms with E-state index < -0.39 is 10.8 Å². The van der Waals surface area contributed by atoms with E-state index in [4.69, 9.17) is 0 Å². The second-order valence-corrected chi connectivity index (χ2v) is 3.09. The van der Waals surface area contributed by atoms with Crippen LogP contribution in [0, 0.1) is 5.25 Å². The Morgan fingerprint density at radius 1 is 1.43 bits per heavy atom. The molecule has 1 unspecified atom stereocenters. The maximum atomic E-state index is 10.2. The van der Waals surface area contributed by atoms with Crippen molar-refractivity contribution in [2.75, 3.05) is 6.26 Å². The molecule has 0 heterocycles. The molecule has 0 spiro atoms. The number of hydrogen-bond acceptors (Lipinski definition) is 1. The van der Waals surface area contributed by atoms with Crippen LogP contribution in [0.4, 0.5) is 0 Å². The third-order valence-corrected chi connectivity index (χ3v) is 1.72. The average Bonchev–Trinajstić information content (AvgIpc) is 1.36. The van der Waals surface area contributed by atoms with Gasteiger partial charge in [-0.05, 0) is 6.26 Å². The molecule has 1 radical (unpaired) electrons. The van der Waals surface area contributed by atoms with Crippen LogP contribution in [-0.4, -0.2) is 10.5 Å². The standard InChI is InChI=1S/C4H9OS.Y/c1-4(2)6(3)5;/h1-3H3;/q-1;. The monoisotopic (exact) mass is 194 g/mol. The minimum atomic E-state index is -0.701. The maximum Gasteiger partial charge on any atom is 0 e. The Labute approximate surface area is 72.6 Å². The van der Waals surface area contributed by atoms with Crippen molar-refractivity contribution in [3.8, 4) is 0 Å². The molecule has 0 aliphatic carbocycles. The Bertz CT molecular complexity index is 62.7. The van der Waals surface area contributed by atoms with Gasteiger partial charge in [-0.2, -0.15) is 13.8 Å². The predicted octanol–water partition coefficient (Wildman–Crippen LogP) is 0.934.